The molecule has 1 atom stereocenters. The van der Waals surface area contributed by atoms with Crippen molar-refractivity contribution >= 4 is 33.2 Å². The molecule has 0 spiro atoms. The maximum Gasteiger partial charge on any atom is 0.242 e. The summed E-state index contributed by atoms with van der Waals surface area (Å²) in [5, 5.41) is 0.344. The van der Waals surface area contributed by atoms with Crippen LogP contribution in [0.4, 0.5) is 5.69 Å². The average Bonchev–Trinajstić information content (AvgIpc) is 2.13. The molecule has 1 rings (SSSR count). The number of carbonyl (C=O) groups is 1. The third-order valence-electron chi connectivity index (χ3n) is 2.13. The fourth-order valence-electron chi connectivity index (χ4n) is 1.44. The Morgan fingerprint density at radius 3 is 2.61 bits per heavy atom. The highest BCUT2D eigenvalue weighted by atomic mass is 35.5. The first-order chi connectivity index (χ1) is 8.22. The quantitative estimate of drug-likeness (QED) is 0.684. The molecule has 1 amide bonds. The van der Waals surface area contributed by atoms with E-state index in [2.05, 4.69) is 4.72 Å². The number of sulfonamides is 1. The van der Waals surface area contributed by atoms with Gasteiger partial charge in [-0.25, -0.2) is 13.1 Å². The number of nitrogens with two attached hydrogens (primary N) is 2. The van der Waals surface area contributed by atoms with Gasteiger partial charge in [0.2, 0.25) is 15.9 Å². The topological polar surface area (TPSA) is 115 Å². The smallest absolute Gasteiger partial charge is 0.242 e. The normalized spacial score (nSPS) is 13.2. The number of nitrogens with one attached hydrogen (secondary N) is 1. The van der Waals surface area contributed by atoms with Crippen LogP contribution in [0.25, 0.3) is 0 Å². The molecule has 0 bridgehead atoms. The van der Waals surface area contributed by atoms with Gasteiger partial charge in [-0.05, 0) is 25.1 Å². The fraction of sp³-hybridized carbons (Fsp3) is 0.300. The molecule has 0 aliphatic rings. The van der Waals surface area contributed by atoms with Crippen LogP contribution in [0, 0.1) is 0 Å². The lowest BCUT2D eigenvalue weighted by atomic mass is 10.2. The van der Waals surface area contributed by atoms with Crippen LogP contribution in [-0.2, 0) is 14.8 Å². The first-order valence-electron chi connectivity index (χ1n) is 5.08. The van der Waals surface area contributed by atoms with Crippen molar-refractivity contribution in [2.75, 3.05) is 5.73 Å². The lowest BCUT2D eigenvalue weighted by Gasteiger charge is -2.13. The van der Waals surface area contributed by atoms with Gasteiger partial charge in [-0.2, -0.15) is 0 Å². The molecule has 0 aromatic heterocycles. The lowest BCUT2D eigenvalue weighted by molar-refractivity contribution is -0.118. The first kappa shape index (κ1) is 14.7. The van der Waals surface area contributed by atoms with Gasteiger partial charge in [-0.15, -0.1) is 0 Å². The van der Waals surface area contributed by atoms with Crippen molar-refractivity contribution in [3.05, 3.63) is 23.2 Å². The molecular weight excluding hydrogens is 278 g/mol. The maximum atomic E-state index is 12.0. The molecule has 0 saturated heterocycles. The molecule has 0 aliphatic carbocycles. The summed E-state index contributed by atoms with van der Waals surface area (Å²) < 4.78 is 26.3. The molecule has 0 heterocycles. The number of hydrogen-bond acceptors (Lipinski definition) is 4. The third kappa shape index (κ3) is 3.86. The number of anilines is 1. The summed E-state index contributed by atoms with van der Waals surface area (Å²) >= 11 is 5.69. The van der Waals surface area contributed by atoms with Crippen molar-refractivity contribution in [2.45, 2.75) is 24.3 Å². The van der Waals surface area contributed by atoms with Crippen molar-refractivity contribution in [1.82, 2.24) is 4.72 Å². The van der Waals surface area contributed by atoms with E-state index in [4.69, 9.17) is 23.1 Å². The van der Waals surface area contributed by atoms with Crippen LogP contribution in [0.3, 0.4) is 0 Å². The standard InChI is InChI=1S/C10H14ClN3O3S/c1-6(4-10(13)15)14-18(16,17)9-3-2-7(11)5-8(9)12/h2-3,5-6,14H,4,12H2,1H3,(H2,13,15). The van der Waals surface area contributed by atoms with Gasteiger partial charge in [0.25, 0.3) is 0 Å². The molecular formula is C10H14ClN3O3S. The minimum atomic E-state index is -3.79. The van der Waals surface area contributed by atoms with Crippen molar-refractivity contribution in [2.24, 2.45) is 5.73 Å². The summed E-state index contributed by atoms with van der Waals surface area (Å²) in [5.41, 5.74) is 10.6. The van der Waals surface area contributed by atoms with Crippen LogP contribution in [0.5, 0.6) is 0 Å². The van der Waals surface area contributed by atoms with E-state index < -0.39 is 22.0 Å². The number of hydrogen-bond donors (Lipinski definition) is 3. The van der Waals surface area contributed by atoms with Crippen LogP contribution in [0.1, 0.15) is 13.3 Å². The highest BCUT2D eigenvalue weighted by molar-refractivity contribution is 7.89. The van der Waals surface area contributed by atoms with E-state index >= 15 is 0 Å². The molecule has 0 radical (unpaired) electrons. The molecule has 8 heteroatoms. The van der Waals surface area contributed by atoms with Crippen LogP contribution in [0.2, 0.25) is 5.02 Å². The number of carbonyl (C=O) groups excluding carboxylic acids is 1. The van der Waals surface area contributed by atoms with Crippen molar-refractivity contribution < 1.29 is 13.2 Å². The highest BCUT2D eigenvalue weighted by Gasteiger charge is 2.20. The molecule has 1 aromatic rings. The molecule has 100 valence electrons. The van der Waals surface area contributed by atoms with Crippen molar-refractivity contribution in [3.8, 4) is 0 Å². The van der Waals surface area contributed by atoms with Gasteiger partial charge in [0.05, 0.1) is 5.69 Å². The Kier molecular flexibility index (Phi) is 4.55. The zero-order valence-corrected chi connectivity index (χ0v) is 11.3. The summed E-state index contributed by atoms with van der Waals surface area (Å²) in [6.07, 6.45) is -0.0906. The Hall–Kier alpha value is -1.31. The van der Waals surface area contributed by atoms with E-state index in [0.29, 0.717) is 5.02 Å². The third-order valence-corrected chi connectivity index (χ3v) is 4.02. The second kappa shape index (κ2) is 5.55. The zero-order valence-electron chi connectivity index (χ0n) is 9.68. The monoisotopic (exact) mass is 291 g/mol. The van der Waals surface area contributed by atoms with E-state index in [0.717, 1.165) is 0 Å². The molecule has 0 saturated carbocycles. The van der Waals surface area contributed by atoms with Crippen molar-refractivity contribution in [1.29, 1.82) is 0 Å². The Labute approximate surface area is 110 Å². The number of benzene rings is 1. The average molecular weight is 292 g/mol. The number of halogens is 1. The van der Waals surface area contributed by atoms with Crippen LogP contribution in [-0.4, -0.2) is 20.4 Å². The zero-order chi connectivity index (χ0) is 13.9. The fourth-order valence-corrected chi connectivity index (χ4v) is 2.97. The van der Waals surface area contributed by atoms with E-state index in [-0.39, 0.29) is 17.0 Å². The predicted molar refractivity (Wildman–Crippen MR) is 69.5 cm³/mol. The summed E-state index contributed by atoms with van der Waals surface area (Å²) in [7, 11) is -3.79. The number of nitrogen functional groups attached to an aromatic ring is 1. The number of rotatable bonds is 5. The number of primary amides is 1. The summed E-state index contributed by atoms with van der Waals surface area (Å²) in [6.45, 7) is 1.54. The number of amides is 1. The summed E-state index contributed by atoms with van der Waals surface area (Å²) in [5.74, 6) is -0.589. The van der Waals surface area contributed by atoms with Gasteiger partial charge in [0.15, 0.2) is 0 Å². The predicted octanol–water partition coefficient (Wildman–Crippen LogP) is 0.464. The van der Waals surface area contributed by atoms with Crippen LogP contribution < -0.4 is 16.2 Å². The van der Waals surface area contributed by atoms with Gasteiger partial charge >= 0.3 is 0 Å². The maximum absolute atomic E-state index is 12.0. The first-order valence-corrected chi connectivity index (χ1v) is 6.94. The van der Waals surface area contributed by atoms with Crippen LogP contribution in [0.15, 0.2) is 23.1 Å². The largest absolute Gasteiger partial charge is 0.398 e. The van der Waals surface area contributed by atoms with Gasteiger partial charge in [-0.3, -0.25) is 4.79 Å². The van der Waals surface area contributed by atoms with E-state index in [1.165, 1.54) is 25.1 Å². The Morgan fingerprint density at radius 2 is 2.11 bits per heavy atom. The Morgan fingerprint density at radius 1 is 1.50 bits per heavy atom. The molecule has 1 aromatic carbocycles. The summed E-state index contributed by atoms with van der Waals surface area (Å²) in [4.78, 5) is 10.6. The second-order valence-corrected chi connectivity index (χ2v) is 5.99. The summed E-state index contributed by atoms with van der Waals surface area (Å²) in [6, 6.07) is 3.46. The minimum absolute atomic E-state index is 0.0428. The Bertz CT molecular complexity index is 559. The second-order valence-electron chi connectivity index (χ2n) is 3.87. The van der Waals surface area contributed by atoms with Crippen molar-refractivity contribution in [3.63, 3.8) is 0 Å². The van der Waals surface area contributed by atoms with Crippen LogP contribution >= 0.6 is 11.6 Å². The highest BCUT2D eigenvalue weighted by Crippen LogP contribution is 2.22. The SMILES string of the molecule is CC(CC(N)=O)NS(=O)(=O)c1ccc(Cl)cc1N. The molecule has 6 nitrogen and oxygen atoms in total. The van der Waals surface area contributed by atoms with Gasteiger partial charge in [-0.1, -0.05) is 11.6 Å². The molecule has 0 fully saturated rings. The van der Waals surface area contributed by atoms with E-state index in [1.807, 2.05) is 0 Å². The van der Waals surface area contributed by atoms with Gasteiger partial charge in [0.1, 0.15) is 4.90 Å². The lowest BCUT2D eigenvalue weighted by Crippen LogP contribution is -2.36. The molecule has 5 N–H and O–H groups in total. The van der Waals surface area contributed by atoms with E-state index in [9.17, 15) is 13.2 Å². The molecule has 18 heavy (non-hydrogen) atoms. The Balaban J connectivity index is 2.96. The van der Waals surface area contributed by atoms with Gasteiger partial charge < -0.3 is 11.5 Å². The molecule has 1 unspecified atom stereocenters. The molecule has 0 aliphatic heterocycles. The minimum Gasteiger partial charge on any atom is -0.398 e. The van der Waals surface area contributed by atoms with Gasteiger partial charge in [0, 0.05) is 17.5 Å². The van der Waals surface area contributed by atoms with E-state index in [1.54, 1.807) is 0 Å².